The summed E-state index contributed by atoms with van der Waals surface area (Å²) in [6.45, 7) is 5.36. The standard InChI is InChI=1S/C22H24N4O3/c1-14-3-7-18(8-4-14)22(2)20(28)26(21(29)25-22)13-19(27)24-10-15-5-6-16-11-23-12-17(16)9-15/h3-9,23H,10-13H2,1-2H3,(H,24,27)(H,25,29). The summed E-state index contributed by atoms with van der Waals surface area (Å²) in [5, 5.41) is 8.81. The largest absolute Gasteiger partial charge is 0.350 e. The van der Waals surface area contributed by atoms with Crippen molar-refractivity contribution in [1.29, 1.82) is 0 Å². The van der Waals surface area contributed by atoms with E-state index in [0.717, 1.165) is 29.1 Å². The fourth-order valence-electron chi connectivity index (χ4n) is 3.78. The number of benzene rings is 2. The molecular weight excluding hydrogens is 368 g/mol. The van der Waals surface area contributed by atoms with Gasteiger partial charge in [-0.1, -0.05) is 48.0 Å². The minimum atomic E-state index is -1.17. The van der Waals surface area contributed by atoms with Gasteiger partial charge in [0.05, 0.1) is 0 Å². The number of carbonyl (C=O) groups excluding carboxylic acids is 3. The van der Waals surface area contributed by atoms with Gasteiger partial charge >= 0.3 is 6.03 Å². The van der Waals surface area contributed by atoms with Gasteiger partial charge in [0.15, 0.2) is 0 Å². The molecule has 150 valence electrons. The lowest BCUT2D eigenvalue weighted by Gasteiger charge is -2.22. The van der Waals surface area contributed by atoms with E-state index in [1.165, 1.54) is 11.1 Å². The summed E-state index contributed by atoms with van der Waals surface area (Å²) in [5.41, 5.74) is 4.08. The van der Waals surface area contributed by atoms with Crippen LogP contribution in [0.5, 0.6) is 0 Å². The van der Waals surface area contributed by atoms with E-state index >= 15 is 0 Å². The third-order valence-electron chi connectivity index (χ3n) is 5.60. The van der Waals surface area contributed by atoms with Crippen LogP contribution in [-0.2, 0) is 34.8 Å². The summed E-state index contributed by atoms with van der Waals surface area (Å²) < 4.78 is 0. The van der Waals surface area contributed by atoms with E-state index in [1.54, 1.807) is 6.92 Å². The van der Waals surface area contributed by atoms with Crippen molar-refractivity contribution in [1.82, 2.24) is 20.9 Å². The van der Waals surface area contributed by atoms with Crippen molar-refractivity contribution in [3.05, 3.63) is 70.3 Å². The summed E-state index contributed by atoms with van der Waals surface area (Å²) >= 11 is 0. The Kier molecular flexibility index (Phi) is 4.84. The number of amides is 4. The predicted octanol–water partition coefficient (Wildman–Crippen LogP) is 1.68. The summed E-state index contributed by atoms with van der Waals surface area (Å²) in [4.78, 5) is 38.7. The lowest BCUT2D eigenvalue weighted by atomic mass is 9.91. The van der Waals surface area contributed by atoms with Crippen molar-refractivity contribution in [2.45, 2.75) is 39.0 Å². The zero-order valence-electron chi connectivity index (χ0n) is 16.5. The molecule has 2 aliphatic heterocycles. The lowest BCUT2D eigenvalue weighted by Crippen LogP contribution is -2.43. The van der Waals surface area contributed by atoms with Crippen LogP contribution in [0.4, 0.5) is 4.79 Å². The van der Waals surface area contributed by atoms with Crippen molar-refractivity contribution < 1.29 is 14.4 Å². The molecule has 2 heterocycles. The van der Waals surface area contributed by atoms with E-state index in [2.05, 4.69) is 28.1 Å². The normalized spacial score (nSPS) is 20.6. The van der Waals surface area contributed by atoms with Gasteiger partial charge in [-0.25, -0.2) is 4.79 Å². The molecule has 7 heteroatoms. The van der Waals surface area contributed by atoms with Gasteiger partial charge in [0.1, 0.15) is 12.1 Å². The maximum atomic E-state index is 12.9. The first-order chi connectivity index (χ1) is 13.9. The van der Waals surface area contributed by atoms with Crippen molar-refractivity contribution in [3.8, 4) is 0 Å². The van der Waals surface area contributed by atoms with Gasteiger partial charge < -0.3 is 16.0 Å². The van der Waals surface area contributed by atoms with Crippen LogP contribution >= 0.6 is 0 Å². The highest BCUT2D eigenvalue weighted by molar-refractivity contribution is 6.09. The Morgan fingerprint density at radius 1 is 1.10 bits per heavy atom. The summed E-state index contributed by atoms with van der Waals surface area (Å²) in [6, 6.07) is 13.0. The average molecular weight is 392 g/mol. The van der Waals surface area contributed by atoms with Crippen LogP contribution in [0.25, 0.3) is 0 Å². The molecule has 0 aromatic heterocycles. The highest BCUT2D eigenvalue weighted by Gasteiger charge is 2.49. The quantitative estimate of drug-likeness (QED) is 0.676. The average Bonchev–Trinajstić information content (AvgIpc) is 3.25. The number of hydrogen-bond acceptors (Lipinski definition) is 4. The number of carbonyl (C=O) groups is 3. The van der Waals surface area contributed by atoms with Gasteiger partial charge in [-0.15, -0.1) is 0 Å². The van der Waals surface area contributed by atoms with E-state index in [9.17, 15) is 14.4 Å². The van der Waals surface area contributed by atoms with Crippen LogP contribution < -0.4 is 16.0 Å². The Morgan fingerprint density at radius 3 is 2.59 bits per heavy atom. The summed E-state index contributed by atoms with van der Waals surface area (Å²) in [7, 11) is 0. The first-order valence-electron chi connectivity index (χ1n) is 9.66. The zero-order chi connectivity index (χ0) is 20.6. The van der Waals surface area contributed by atoms with E-state index in [0.29, 0.717) is 12.1 Å². The number of hydrogen-bond donors (Lipinski definition) is 3. The van der Waals surface area contributed by atoms with Crippen LogP contribution in [0.2, 0.25) is 0 Å². The molecule has 1 unspecified atom stereocenters. The molecule has 4 amide bonds. The molecule has 1 atom stereocenters. The lowest BCUT2D eigenvalue weighted by molar-refractivity contribution is -0.134. The first kappa shape index (κ1) is 19.1. The molecule has 2 aliphatic rings. The summed E-state index contributed by atoms with van der Waals surface area (Å²) in [6.07, 6.45) is 0. The van der Waals surface area contributed by atoms with E-state index in [1.807, 2.05) is 37.3 Å². The zero-order valence-corrected chi connectivity index (χ0v) is 16.5. The third kappa shape index (κ3) is 3.61. The molecule has 1 fully saturated rings. The minimum absolute atomic E-state index is 0.307. The fourth-order valence-corrected chi connectivity index (χ4v) is 3.78. The molecule has 2 aromatic carbocycles. The highest BCUT2D eigenvalue weighted by Crippen LogP contribution is 2.28. The van der Waals surface area contributed by atoms with Gasteiger partial charge in [-0.2, -0.15) is 0 Å². The second kappa shape index (κ2) is 7.33. The molecule has 2 aromatic rings. The smallest absolute Gasteiger partial charge is 0.325 e. The van der Waals surface area contributed by atoms with Crippen molar-refractivity contribution in [3.63, 3.8) is 0 Å². The molecule has 3 N–H and O–H groups in total. The van der Waals surface area contributed by atoms with E-state index in [-0.39, 0.29) is 12.5 Å². The SMILES string of the molecule is Cc1ccc(C2(C)NC(=O)N(CC(=O)NCc3ccc4c(c3)CNC4)C2=O)cc1. The molecule has 29 heavy (non-hydrogen) atoms. The predicted molar refractivity (Wildman–Crippen MR) is 108 cm³/mol. The Balaban J connectivity index is 1.39. The van der Waals surface area contributed by atoms with Crippen LogP contribution in [0.1, 0.15) is 34.7 Å². The molecular formula is C22H24N4O3. The Bertz CT molecular complexity index is 986. The Labute approximate surface area is 169 Å². The topological polar surface area (TPSA) is 90.5 Å². The van der Waals surface area contributed by atoms with Crippen molar-refractivity contribution in [2.24, 2.45) is 0 Å². The van der Waals surface area contributed by atoms with Crippen LogP contribution in [0.3, 0.4) is 0 Å². The number of rotatable bonds is 5. The van der Waals surface area contributed by atoms with Crippen molar-refractivity contribution in [2.75, 3.05) is 6.54 Å². The van der Waals surface area contributed by atoms with Crippen LogP contribution in [-0.4, -0.2) is 29.3 Å². The van der Waals surface area contributed by atoms with E-state index < -0.39 is 17.5 Å². The van der Waals surface area contributed by atoms with Crippen molar-refractivity contribution >= 4 is 17.8 Å². The highest BCUT2D eigenvalue weighted by atomic mass is 16.2. The minimum Gasteiger partial charge on any atom is -0.350 e. The number of urea groups is 1. The fraction of sp³-hybridized carbons (Fsp3) is 0.318. The third-order valence-corrected chi connectivity index (χ3v) is 5.60. The molecule has 4 rings (SSSR count). The van der Waals surface area contributed by atoms with Gasteiger partial charge in [0, 0.05) is 19.6 Å². The molecule has 0 spiro atoms. The molecule has 0 aliphatic carbocycles. The maximum Gasteiger partial charge on any atom is 0.325 e. The molecule has 0 radical (unpaired) electrons. The Hall–Kier alpha value is -3.19. The number of imide groups is 1. The number of aryl methyl sites for hydroxylation is 1. The first-order valence-corrected chi connectivity index (χ1v) is 9.66. The second-order valence-electron chi connectivity index (χ2n) is 7.80. The van der Waals surface area contributed by atoms with Gasteiger partial charge in [0.2, 0.25) is 5.91 Å². The summed E-state index contributed by atoms with van der Waals surface area (Å²) in [5.74, 6) is -0.801. The Morgan fingerprint density at radius 2 is 1.83 bits per heavy atom. The van der Waals surface area contributed by atoms with E-state index in [4.69, 9.17) is 0 Å². The number of nitrogens with one attached hydrogen (secondary N) is 3. The van der Waals surface area contributed by atoms with Gasteiger partial charge in [-0.3, -0.25) is 14.5 Å². The second-order valence-corrected chi connectivity index (χ2v) is 7.80. The number of fused-ring (bicyclic) bond motifs is 1. The molecule has 1 saturated heterocycles. The van der Waals surface area contributed by atoms with Gasteiger partial charge in [-0.05, 0) is 36.1 Å². The van der Waals surface area contributed by atoms with Gasteiger partial charge in [0.25, 0.3) is 5.91 Å². The molecule has 7 nitrogen and oxygen atoms in total. The molecule has 0 bridgehead atoms. The van der Waals surface area contributed by atoms with Crippen LogP contribution in [0, 0.1) is 6.92 Å². The number of nitrogens with zero attached hydrogens (tertiary/aromatic N) is 1. The molecule has 0 saturated carbocycles. The van der Waals surface area contributed by atoms with Crippen LogP contribution in [0.15, 0.2) is 42.5 Å². The maximum absolute atomic E-state index is 12.9. The monoisotopic (exact) mass is 392 g/mol.